The Bertz CT molecular complexity index is 767. The molecule has 3 rings (SSSR count). The van der Waals surface area contributed by atoms with E-state index in [0.717, 1.165) is 25.0 Å². The molecule has 0 radical (unpaired) electrons. The lowest BCUT2D eigenvalue weighted by Crippen LogP contribution is -2.50. The Morgan fingerprint density at radius 3 is 2.48 bits per heavy atom. The lowest BCUT2D eigenvalue weighted by Gasteiger charge is -2.39. The summed E-state index contributed by atoms with van der Waals surface area (Å²) in [4.78, 5) is 14.9. The van der Waals surface area contributed by atoms with Crippen molar-refractivity contribution in [3.8, 4) is 0 Å². The van der Waals surface area contributed by atoms with Gasteiger partial charge in [-0.2, -0.15) is 4.31 Å². The van der Waals surface area contributed by atoms with Gasteiger partial charge < -0.3 is 10.6 Å². The van der Waals surface area contributed by atoms with Crippen molar-refractivity contribution in [1.82, 2.24) is 9.21 Å². The van der Waals surface area contributed by atoms with Gasteiger partial charge in [0, 0.05) is 32.2 Å². The third-order valence-electron chi connectivity index (χ3n) is 5.70. The average Bonchev–Trinajstić information content (AvgIpc) is 2.68. The van der Waals surface area contributed by atoms with Crippen molar-refractivity contribution in [3.05, 3.63) is 30.1 Å². The minimum Gasteiger partial charge on any atom is -0.342 e. The van der Waals surface area contributed by atoms with Crippen LogP contribution in [-0.4, -0.2) is 55.8 Å². The van der Waals surface area contributed by atoms with Crippen LogP contribution in [0.3, 0.4) is 0 Å². The first-order valence-electron chi connectivity index (χ1n) is 9.59. The molecule has 0 aromatic heterocycles. The SMILES string of the molecule is CC(N)C1CCCN(C(=O)C2CCCN(S(=O)(=O)c3ccc(F)cc3)C2)C1. The average molecular weight is 398 g/mol. The minimum atomic E-state index is -3.72. The number of benzene rings is 1. The normalized spacial score (nSPS) is 26.0. The van der Waals surface area contributed by atoms with Crippen LogP contribution in [0, 0.1) is 17.7 Å². The molecule has 150 valence electrons. The fraction of sp³-hybridized carbons (Fsp3) is 0.632. The predicted octanol–water partition coefficient (Wildman–Crippen LogP) is 1.81. The maximum Gasteiger partial charge on any atom is 0.243 e. The minimum absolute atomic E-state index is 0.0272. The highest BCUT2D eigenvalue weighted by molar-refractivity contribution is 7.89. The van der Waals surface area contributed by atoms with E-state index in [4.69, 9.17) is 5.73 Å². The number of nitrogens with zero attached hydrogens (tertiary/aromatic N) is 2. The summed E-state index contributed by atoms with van der Waals surface area (Å²) in [5.74, 6) is -0.486. The standard InChI is InChI=1S/C19H28FN3O3S/c1-14(21)15-4-2-10-22(12-15)19(24)16-5-3-11-23(13-16)27(25,26)18-8-6-17(20)7-9-18/h6-9,14-16H,2-5,10-13,21H2,1H3. The molecule has 1 amide bonds. The molecular formula is C19H28FN3O3S. The third kappa shape index (κ3) is 4.50. The number of hydrogen-bond acceptors (Lipinski definition) is 4. The molecule has 0 aliphatic carbocycles. The van der Waals surface area contributed by atoms with Gasteiger partial charge in [0.2, 0.25) is 15.9 Å². The molecule has 2 aliphatic heterocycles. The smallest absolute Gasteiger partial charge is 0.243 e. The Labute approximate surface area is 160 Å². The molecule has 6 nitrogen and oxygen atoms in total. The number of hydrogen-bond donors (Lipinski definition) is 1. The second-order valence-corrected chi connectivity index (χ2v) is 9.64. The molecule has 2 heterocycles. The van der Waals surface area contributed by atoms with Gasteiger partial charge in [-0.1, -0.05) is 0 Å². The summed E-state index contributed by atoms with van der Waals surface area (Å²) in [5, 5.41) is 0. The van der Waals surface area contributed by atoms with Gasteiger partial charge in [0.1, 0.15) is 5.82 Å². The van der Waals surface area contributed by atoms with Crippen LogP contribution in [0.25, 0.3) is 0 Å². The fourth-order valence-electron chi connectivity index (χ4n) is 4.02. The first-order valence-corrected chi connectivity index (χ1v) is 11.0. The quantitative estimate of drug-likeness (QED) is 0.840. The Balaban J connectivity index is 1.70. The van der Waals surface area contributed by atoms with Crippen molar-refractivity contribution in [2.45, 2.75) is 43.5 Å². The van der Waals surface area contributed by atoms with E-state index < -0.39 is 15.8 Å². The summed E-state index contributed by atoms with van der Waals surface area (Å²) in [5.41, 5.74) is 6.01. The van der Waals surface area contributed by atoms with Crippen molar-refractivity contribution < 1.29 is 17.6 Å². The van der Waals surface area contributed by atoms with E-state index in [0.29, 0.717) is 38.4 Å². The summed E-state index contributed by atoms with van der Waals surface area (Å²) < 4.78 is 40.2. The van der Waals surface area contributed by atoms with Crippen molar-refractivity contribution >= 4 is 15.9 Å². The van der Waals surface area contributed by atoms with E-state index >= 15 is 0 Å². The summed E-state index contributed by atoms with van der Waals surface area (Å²) >= 11 is 0. The number of sulfonamides is 1. The molecule has 1 aromatic carbocycles. The molecule has 2 aliphatic rings. The van der Waals surface area contributed by atoms with Gasteiger partial charge in [-0.05, 0) is 62.8 Å². The van der Waals surface area contributed by atoms with E-state index in [1.54, 1.807) is 0 Å². The van der Waals surface area contributed by atoms with E-state index in [1.807, 2.05) is 11.8 Å². The number of amides is 1. The Kier molecular flexibility index (Phi) is 6.18. The van der Waals surface area contributed by atoms with Crippen LogP contribution in [0.5, 0.6) is 0 Å². The largest absolute Gasteiger partial charge is 0.342 e. The van der Waals surface area contributed by atoms with E-state index in [9.17, 15) is 17.6 Å². The first kappa shape index (κ1) is 20.2. The van der Waals surface area contributed by atoms with Crippen LogP contribution in [0.1, 0.15) is 32.6 Å². The highest BCUT2D eigenvalue weighted by Gasteiger charge is 2.36. The maximum absolute atomic E-state index is 13.1. The second-order valence-electron chi connectivity index (χ2n) is 7.70. The van der Waals surface area contributed by atoms with Crippen LogP contribution in [0.15, 0.2) is 29.2 Å². The number of carbonyl (C=O) groups is 1. The van der Waals surface area contributed by atoms with Gasteiger partial charge in [-0.15, -0.1) is 0 Å². The van der Waals surface area contributed by atoms with Crippen LogP contribution in [-0.2, 0) is 14.8 Å². The van der Waals surface area contributed by atoms with Gasteiger partial charge in [-0.3, -0.25) is 4.79 Å². The predicted molar refractivity (Wildman–Crippen MR) is 101 cm³/mol. The van der Waals surface area contributed by atoms with Crippen molar-refractivity contribution in [2.75, 3.05) is 26.2 Å². The van der Waals surface area contributed by atoms with Gasteiger partial charge in [0.15, 0.2) is 0 Å². The van der Waals surface area contributed by atoms with Gasteiger partial charge in [0.25, 0.3) is 0 Å². The van der Waals surface area contributed by atoms with Crippen LogP contribution in [0.2, 0.25) is 0 Å². The van der Waals surface area contributed by atoms with Crippen LogP contribution in [0.4, 0.5) is 4.39 Å². The summed E-state index contributed by atoms with van der Waals surface area (Å²) in [7, 11) is -3.72. The molecule has 2 fully saturated rings. The van der Waals surface area contributed by atoms with Crippen LogP contribution >= 0.6 is 0 Å². The molecular weight excluding hydrogens is 369 g/mol. The Morgan fingerprint density at radius 1 is 1.15 bits per heavy atom. The molecule has 0 bridgehead atoms. The lowest BCUT2D eigenvalue weighted by molar-refractivity contribution is -0.138. The number of piperidine rings is 2. The van der Waals surface area contributed by atoms with E-state index in [-0.39, 0.29) is 29.3 Å². The molecule has 8 heteroatoms. The highest BCUT2D eigenvalue weighted by atomic mass is 32.2. The lowest BCUT2D eigenvalue weighted by atomic mass is 9.90. The second kappa shape index (κ2) is 8.24. The van der Waals surface area contributed by atoms with Crippen molar-refractivity contribution in [2.24, 2.45) is 17.6 Å². The summed E-state index contributed by atoms with van der Waals surface area (Å²) in [6.07, 6.45) is 3.29. The number of nitrogens with two attached hydrogens (primary N) is 1. The van der Waals surface area contributed by atoms with Crippen molar-refractivity contribution in [1.29, 1.82) is 0 Å². The van der Waals surface area contributed by atoms with Gasteiger partial charge in [0.05, 0.1) is 10.8 Å². The van der Waals surface area contributed by atoms with E-state index in [2.05, 4.69) is 0 Å². The molecule has 1 aromatic rings. The molecule has 0 saturated carbocycles. The molecule has 3 unspecified atom stereocenters. The summed E-state index contributed by atoms with van der Waals surface area (Å²) in [6, 6.07) is 4.87. The first-order chi connectivity index (χ1) is 12.8. The van der Waals surface area contributed by atoms with Crippen molar-refractivity contribution in [3.63, 3.8) is 0 Å². The number of halogens is 1. The third-order valence-corrected chi connectivity index (χ3v) is 7.58. The fourth-order valence-corrected chi connectivity index (χ4v) is 5.54. The summed E-state index contributed by atoms with van der Waals surface area (Å²) in [6.45, 7) is 3.89. The number of likely N-dealkylation sites (tertiary alicyclic amines) is 1. The highest BCUT2D eigenvalue weighted by Crippen LogP contribution is 2.27. The molecule has 27 heavy (non-hydrogen) atoms. The number of carbonyl (C=O) groups excluding carboxylic acids is 1. The van der Waals surface area contributed by atoms with Gasteiger partial charge >= 0.3 is 0 Å². The maximum atomic E-state index is 13.1. The zero-order valence-electron chi connectivity index (χ0n) is 15.7. The molecule has 3 atom stereocenters. The van der Waals surface area contributed by atoms with Crippen LogP contribution < -0.4 is 5.73 Å². The molecule has 0 spiro atoms. The monoisotopic (exact) mass is 397 g/mol. The Hall–Kier alpha value is -1.51. The van der Waals surface area contributed by atoms with E-state index in [1.165, 1.54) is 16.4 Å². The van der Waals surface area contributed by atoms with Gasteiger partial charge in [-0.25, -0.2) is 12.8 Å². The molecule has 2 saturated heterocycles. The molecule has 2 N–H and O–H groups in total. The zero-order chi connectivity index (χ0) is 19.6. The topological polar surface area (TPSA) is 83.7 Å². The Morgan fingerprint density at radius 2 is 1.81 bits per heavy atom. The zero-order valence-corrected chi connectivity index (χ0v) is 16.5. The number of rotatable bonds is 4.